The molecule has 0 heterocycles. The van der Waals surface area contributed by atoms with Crippen LogP contribution in [0.5, 0.6) is 0 Å². The highest BCUT2D eigenvalue weighted by Gasteiger charge is 2.19. The number of esters is 1. The molecule has 0 aromatic heterocycles. The number of carbonyl (C=O) groups is 1. The van der Waals surface area contributed by atoms with Gasteiger partial charge in [0.05, 0.1) is 10.5 Å². The molecule has 4 nitrogen and oxygen atoms in total. The van der Waals surface area contributed by atoms with Crippen LogP contribution in [0.2, 0.25) is 0 Å². The number of hydrogen-bond donors (Lipinski definition) is 0. The van der Waals surface area contributed by atoms with E-state index in [-0.39, 0.29) is 17.1 Å². The van der Waals surface area contributed by atoms with E-state index in [0.717, 1.165) is 17.4 Å². The molecule has 5 heteroatoms. The molecule has 0 atom stereocenters. The first-order chi connectivity index (χ1) is 9.88. The van der Waals surface area contributed by atoms with Gasteiger partial charge < -0.3 is 4.74 Å². The molecule has 0 unspecified atom stereocenters. The SMILES string of the molecule is Cc1cccc(COC(=O)c2ccccc2S(C)(=O)=O)c1. The third kappa shape index (κ3) is 3.92. The van der Waals surface area contributed by atoms with Crippen LogP contribution in [0.25, 0.3) is 0 Å². The second kappa shape index (κ2) is 6.10. The first-order valence-corrected chi connectivity index (χ1v) is 8.29. The minimum Gasteiger partial charge on any atom is -0.457 e. The fourth-order valence-corrected chi connectivity index (χ4v) is 2.86. The van der Waals surface area contributed by atoms with E-state index < -0.39 is 15.8 Å². The molecule has 0 aliphatic heterocycles. The average molecular weight is 304 g/mol. The van der Waals surface area contributed by atoms with Gasteiger partial charge >= 0.3 is 5.97 Å². The van der Waals surface area contributed by atoms with Crippen molar-refractivity contribution >= 4 is 15.8 Å². The summed E-state index contributed by atoms with van der Waals surface area (Å²) in [5, 5.41) is 0. The van der Waals surface area contributed by atoms with Crippen LogP contribution in [0, 0.1) is 6.92 Å². The lowest BCUT2D eigenvalue weighted by molar-refractivity contribution is 0.0468. The largest absolute Gasteiger partial charge is 0.457 e. The number of hydrogen-bond acceptors (Lipinski definition) is 4. The Kier molecular flexibility index (Phi) is 4.43. The third-order valence-electron chi connectivity index (χ3n) is 2.96. The van der Waals surface area contributed by atoms with Crippen LogP contribution in [0.3, 0.4) is 0 Å². The zero-order valence-corrected chi connectivity index (χ0v) is 12.7. The zero-order chi connectivity index (χ0) is 15.5. The second-order valence-electron chi connectivity index (χ2n) is 4.83. The van der Waals surface area contributed by atoms with Crippen LogP contribution in [0.1, 0.15) is 21.5 Å². The number of carbonyl (C=O) groups excluding carboxylic acids is 1. The van der Waals surface area contributed by atoms with Gasteiger partial charge in [-0.2, -0.15) is 0 Å². The van der Waals surface area contributed by atoms with Crippen LogP contribution < -0.4 is 0 Å². The van der Waals surface area contributed by atoms with Gasteiger partial charge in [-0.3, -0.25) is 0 Å². The Hall–Kier alpha value is -2.14. The fourth-order valence-electron chi connectivity index (χ4n) is 1.99. The highest BCUT2D eigenvalue weighted by molar-refractivity contribution is 7.90. The molecule has 2 aromatic rings. The Morgan fingerprint density at radius 1 is 1.10 bits per heavy atom. The van der Waals surface area contributed by atoms with Crippen LogP contribution >= 0.6 is 0 Å². The number of rotatable bonds is 4. The highest BCUT2D eigenvalue weighted by Crippen LogP contribution is 2.17. The predicted octanol–water partition coefficient (Wildman–Crippen LogP) is 2.76. The second-order valence-corrected chi connectivity index (χ2v) is 6.82. The van der Waals surface area contributed by atoms with Crippen molar-refractivity contribution in [2.75, 3.05) is 6.26 Å². The molecular weight excluding hydrogens is 288 g/mol. The highest BCUT2D eigenvalue weighted by atomic mass is 32.2. The number of benzene rings is 2. The van der Waals surface area contributed by atoms with E-state index in [1.807, 2.05) is 31.2 Å². The molecule has 21 heavy (non-hydrogen) atoms. The van der Waals surface area contributed by atoms with Gasteiger partial charge in [-0.15, -0.1) is 0 Å². The molecule has 0 N–H and O–H groups in total. The van der Waals surface area contributed by atoms with Crippen molar-refractivity contribution in [1.29, 1.82) is 0 Å². The van der Waals surface area contributed by atoms with Crippen molar-refractivity contribution in [3.05, 3.63) is 65.2 Å². The van der Waals surface area contributed by atoms with Crippen LogP contribution in [-0.2, 0) is 21.2 Å². The molecule has 0 amide bonds. The summed E-state index contributed by atoms with van der Waals surface area (Å²) >= 11 is 0. The van der Waals surface area contributed by atoms with Crippen LogP contribution in [0.15, 0.2) is 53.4 Å². The minimum absolute atomic E-state index is 0.0146. The summed E-state index contributed by atoms with van der Waals surface area (Å²) in [5.41, 5.74) is 1.99. The molecule has 0 bridgehead atoms. The summed E-state index contributed by atoms with van der Waals surface area (Å²) in [4.78, 5) is 12.1. The molecule has 0 aliphatic rings. The summed E-state index contributed by atoms with van der Waals surface area (Å²) in [5.74, 6) is -0.641. The number of sulfone groups is 1. The van der Waals surface area contributed by atoms with Crippen molar-refractivity contribution in [2.45, 2.75) is 18.4 Å². The molecule has 0 saturated heterocycles. The molecule has 0 spiro atoms. The smallest absolute Gasteiger partial charge is 0.339 e. The van der Waals surface area contributed by atoms with Crippen molar-refractivity contribution < 1.29 is 17.9 Å². The van der Waals surface area contributed by atoms with E-state index in [1.54, 1.807) is 12.1 Å². The normalized spacial score (nSPS) is 11.1. The van der Waals surface area contributed by atoms with Gasteiger partial charge in [0, 0.05) is 6.26 Å². The first-order valence-electron chi connectivity index (χ1n) is 6.39. The topological polar surface area (TPSA) is 60.4 Å². The number of ether oxygens (including phenoxy) is 1. The Morgan fingerprint density at radius 3 is 2.48 bits per heavy atom. The maximum Gasteiger partial charge on any atom is 0.339 e. The Balaban J connectivity index is 2.18. The lowest BCUT2D eigenvalue weighted by atomic mass is 10.1. The summed E-state index contributed by atoms with van der Waals surface area (Å²) in [6.07, 6.45) is 1.07. The van der Waals surface area contributed by atoms with Gasteiger partial charge in [0.15, 0.2) is 9.84 Å². The van der Waals surface area contributed by atoms with Gasteiger partial charge in [-0.25, -0.2) is 13.2 Å². The van der Waals surface area contributed by atoms with Gasteiger partial charge in [-0.1, -0.05) is 42.0 Å². The van der Waals surface area contributed by atoms with Gasteiger partial charge in [0.1, 0.15) is 6.61 Å². The fraction of sp³-hybridized carbons (Fsp3) is 0.188. The van der Waals surface area contributed by atoms with Crippen LogP contribution in [0.4, 0.5) is 0 Å². The molecule has 0 saturated carbocycles. The summed E-state index contributed by atoms with van der Waals surface area (Å²) < 4.78 is 28.5. The van der Waals surface area contributed by atoms with E-state index in [9.17, 15) is 13.2 Å². The summed E-state index contributed by atoms with van der Waals surface area (Å²) in [6, 6.07) is 13.6. The Morgan fingerprint density at radius 2 is 1.81 bits per heavy atom. The molecule has 2 aromatic carbocycles. The van der Waals surface area contributed by atoms with Crippen molar-refractivity contribution in [3.63, 3.8) is 0 Å². The van der Waals surface area contributed by atoms with E-state index in [0.29, 0.717) is 0 Å². The van der Waals surface area contributed by atoms with Crippen molar-refractivity contribution in [2.24, 2.45) is 0 Å². The number of aryl methyl sites for hydroxylation is 1. The quantitative estimate of drug-likeness (QED) is 0.815. The Bertz CT molecular complexity index is 763. The van der Waals surface area contributed by atoms with Crippen LogP contribution in [-0.4, -0.2) is 20.6 Å². The summed E-state index contributed by atoms with van der Waals surface area (Å²) in [6.45, 7) is 2.06. The van der Waals surface area contributed by atoms with Gasteiger partial charge in [-0.05, 0) is 24.6 Å². The molecule has 110 valence electrons. The van der Waals surface area contributed by atoms with E-state index in [1.165, 1.54) is 12.1 Å². The minimum atomic E-state index is -3.47. The standard InChI is InChI=1S/C16H16O4S/c1-12-6-5-7-13(10-12)11-20-16(17)14-8-3-4-9-15(14)21(2,18)19/h3-10H,11H2,1-2H3. The lowest BCUT2D eigenvalue weighted by Gasteiger charge is -2.08. The monoisotopic (exact) mass is 304 g/mol. The van der Waals surface area contributed by atoms with Crippen molar-refractivity contribution in [1.82, 2.24) is 0 Å². The van der Waals surface area contributed by atoms with E-state index in [2.05, 4.69) is 0 Å². The molecule has 0 aliphatic carbocycles. The zero-order valence-electron chi connectivity index (χ0n) is 11.9. The molecule has 2 rings (SSSR count). The van der Waals surface area contributed by atoms with Crippen molar-refractivity contribution in [3.8, 4) is 0 Å². The predicted molar refractivity (Wildman–Crippen MR) is 79.9 cm³/mol. The maximum atomic E-state index is 12.1. The molecular formula is C16H16O4S. The summed E-state index contributed by atoms with van der Waals surface area (Å²) in [7, 11) is -3.47. The Labute approximate surface area is 124 Å². The van der Waals surface area contributed by atoms with Gasteiger partial charge in [0.25, 0.3) is 0 Å². The van der Waals surface area contributed by atoms with E-state index in [4.69, 9.17) is 4.74 Å². The molecule has 0 radical (unpaired) electrons. The first kappa shape index (κ1) is 15.3. The third-order valence-corrected chi connectivity index (χ3v) is 4.11. The maximum absolute atomic E-state index is 12.1. The lowest BCUT2D eigenvalue weighted by Crippen LogP contribution is -2.11. The van der Waals surface area contributed by atoms with Gasteiger partial charge in [0.2, 0.25) is 0 Å². The average Bonchev–Trinajstić information content (AvgIpc) is 2.44. The molecule has 0 fully saturated rings. The van der Waals surface area contributed by atoms with E-state index >= 15 is 0 Å².